The standard InChI is InChI=1S/C20H25F3N4O3/c1-12-9-16(17-11-26(7-8-30-17)19(28)29-2)27-18(24-12)10-15(25-27)13-3-5-14(6-4-13)20(21,22)23/h9-10,13-14,17H,3-8,11H2,1-2H3/t13?,14?,17-/m0/s1/i2D3. The summed E-state index contributed by atoms with van der Waals surface area (Å²) in [7, 11) is -2.84. The molecule has 1 aliphatic carbocycles. The normalized spacial score (nSPS) is 27.4. The molecule has 4 rings (SSSR count). The number of rotatable bonds is 2. The van der Waals surface area contributed by atoms with E-state index in [2.05, 4.69) is 14.8 Å². The summed E-state index contributed by atoms with van der Waals surface area (Å²) in [6, 6.07) is 3.56. The van der Waals surface area contributed by atoms with Crippen LogP contribution in [0.3, 0.4) is 0 Å². The number of aryl methyl sites for hydroxylation is 1. The largest absolute Gasteiger partial charge is 0.453 e. The average molecular weight is 429 g/mol. The number of nitrogens with zero attached hydrogens (tertiary/aromatic N) is 4. The van der Waals surface area contributed by atoms with Gasteiger partial charge in [0.15, 0.2) is 5.65 Å². The predicted molar refractivity (Wildman–Crippen MR) is 101 cm³/mol. The van der Waals surface area contributed by atoms with Crippen LogP contribution in [0.4, 0.5) is 18.0 Å². The average Bonchev–Trinajstić information content (AvgIpc) is 3.15. The van der Waals surface area contributed by atoms with Crippen molar-refractivity contribution in [2.24, 2.45) is 5.92 Å². The van der Waals surface area contributed by atoms with Gasteiger partial charge in [0, 0.05) is 24.2 Å². The maximum absolute atomic E-state index is 13.0. The summed E-state index contributed by atoms with van der Waals surface area (Å²) in [4.78, 5) is 18.0. The second-order valence-electron chi connectivity index (χ2n) is 7.93. The lowest BCUT2D eigenvalue weighted by atomic mass is 9.80. The quantitative estimate of drug-likeness (QED) is 0.722. The first-order valence-electron chi connectivity index (χ1n) is 11.4. The fraction of sp³-hybridized carbons (Fsp3) is 0.650. The van der Waals surface area contributed by atoms with Crippen molar-refractivity contribution in [3.05, 3.63) is 29.2 Å². The highest BCUT2D eigenvalue weighted by Crippen LogP contribution is 2.42. The molecule has 0 unspecified atom stereocenters. The molecule has 2 aromatic rings. The third-order valence-electron chi connectivity index (χ3n) is 5.95. The van der Waals surface area contributed by atoms with Crippen LogP contribution in [0.2, 0.25) is 0 Å². The summed E-state index contributed by atoms with van der Waals surface area (Å²) in [5.41, 5.74) is 2.54. The number of morpholine rings is 1. The number of ether oxygens (including phenoxy) is 2. The van der Waals surface area contributed by atoms with Crippen molar-refractivity contribution in [2.45, 2.75) is 50.8 Å². The highest BCUT2D eigenvalue weighted by molar-refractivity contribution is 5.67. The van der Waals surface area contributed by atoms with Gasteiger partial charge in [0.05, 0.1) is 41.6 Å². The van der Waals surface area contributed by atoms with Gasteiger partial charge in [0.1, 0.15) is 6.10 Å². The summed E-state index contributed by atoms with van der Waals surface area (Å²) in [6.07, 6.45) is -4.76. The van der Waals surface area contributed by atoms with Crippen LogP contribution in [0, 0.1) is 12.8 Å². The molecule has 1 amide bonds. The SMILES string of the molecule is [2H]C([2H])([2H])OC(=O)N1CCO[C@H](c2cc(C)nc3cc(C4CCC(C(F)(F)F)CC4)nn23)C1. The molecular formula is C20H25F3N4O3. The van der Waals surface area contributed by atoms with Gasteiger partial charge in [-0.1, -0.05) is 0 Å². The lowest BCUT2D eigenvalue weighted by Crippen LogP contribution is -2.42. The number of hydrogen-bond donors (Lipinski definition) is 0. The second kappa shape index (κ2) is 8.05. The van der Waals surface area contributed by atoms with Gasteiger partial charge in [-0.2, -0.15) is 18.3 Å². The van der Waals surface area contributed by atoms with E-state index in [1.54, 1.807) is 23.6 Å². The van der Waals surface area contributed by atoms with Crippen molar-refractivity contribution < 1.29 is 31.6 Å². The predicted octanol–water partition coefficient (Wildman–Crippen LogP) is 4.01. The molecule has 0 bridgehead atoms. The Kier molecular flexibility index (Phi) is 4.65. The minimum atomic E-state index is -4.17. The molecule has 1 saturated carbocycles. The van der Waals surface area contributed by atoms with Crippen LogP contribution in [-0.2, 0) is 9.47 Å². The Balaban J connectivity index is 1.55. The molecule has 2 fully saturated rings. The molecule has 30 heavy (non-hydrogen) atoms. The fourth-order valence-corrected chi connectivity index (χ4v) is 4.35. The summed E-state index contributed by atoms with van der Waals surface area (Å²) in [5, 5.41) is 4.64. The molecule has 0 N–H and O–H groups in total. The maximum Gasteiger partial charge on any atom is 0.409 e. The van der Waals surface area contributed by atoms with Crippen LogP contribution >= 0.6 is 0 Å². The molecule has 2 aliphatic rings. The lowest BCUT2D eigenvalue weighted by Gasteiger charge is -2.32. The molecule has 1 saturated heterocycles. The first-order chi connectivity index (χ1) is 15.4. The van der Waals surface area contributed by atoms with Crippen molar-refractivity contribution in [1.29, 1.82) is 0 Å². The van der Waals surface area contributed by atoms with Crippen LogP contribution < -0.4 is 0 Å². The highest BCUT2D eigenvalue weighted by Gasteiger charge is 2.42. The molecule has 10 heteroatoms. The number of carbonyl (C=O) groups excluding carboxylic acids is 1. The molecule has 3 heterocycles. The number of hydrogen-bond acceptors (Lipinski definition) is 5. The van der Waals surface area contributed by atoms with Gasteiger partial charge in [-0.25, -0.2) is 14.3 Å². The Morgan fingerprint density at radius 2 is 2.07 bits per heavy atom. The van der Waals surface area contributed by atoms with Gasteiger partial charge >= 0.3 is 12.3 Å². The molecular weight excluding hydrogens is 401 g/mol. The number of aromatic nitrogens is 3. The van der Waals surface area contributed by atoms with Crippen molar-refractivity contribution in [1.82, 2.24) is 19.5 Å². The smallest absolute Gasteiger partial charge is 0.409 e. The van der Waals surface area contributed by atoms with E-state index in [4.69, 9.17) is 8.85 Å². The zero-order chi connectivity index (χ0) is 24.0. The Hall–Kier alpha value is -2.36. The van der Waals surface area contributed by atoms with E-state index in [-0.39, 0.29) is 38.5 Å². The highest BCUT2D eigenvalue weighted by atomic mass is 19.4. The number of carbonyl (C=O) groups is 1. The van der Waals surface area contributed by atoms with Crippen LogP contribution in [-0.4, -0.2) is 58.5 Å². The molecule has 7 nitrogen and oxygen atoms in total. The minimum absolute atomic E-state index is 0.0688. The zero-order valence-electron chi connectivity index (χ0n) is 19.5. The van der Waals surface area contributed by atoms with E-state index >= 15 is 0 Å². The molecule has 0 radical (unpaired) electrons. The van der Waals surface area contributed by atoms with Crippen molar-refractivity contribution >= 4 is 11.7 Å². The van der Waals surface area contributed by atoms with Gasteiger partial charge in [0.25, 0.3) is 0 Å². The van der Waals surface area contributed by atoms with Crippen molar-refractivity contribution in [3.63, 3.8) is 0 Å². The van der Waals surface area contributed by atoms with E-state index in [1.807, 2.05) is 0 Å². The monoisotopic (exact) mass is 429 g/mol. The van der Waals surface area contributed by atoms with Gasteiger partial charge in [-0.15, -0.1) is 0 Å². The fourth-order valence-electron chi connectivity index (χ4n) is 4.35. The minimum Gasteiger partial charge on any atom is -0.453 e. The van der Waals surface area contributed by atoms with Gasteiger partial charge in [-0.05, 0) is 38.7 Å². The zero-order valence-corrected chi connectivity index (χ0v) is 16.5. The number of methoxy groups -OCH3 is 1. The second-order valence-corrected chi connectivity index (χ2v) is 7.93. The molecule has 0 aromatic carbocycles. The van der Waals surface area contributed by atoms with Gasteiger partial charge < -0.3 is 14.4 Å². The van der Waals surface area contributed by atoms with Crippen LogP contribution in [0.5, 0.6) is 0 Å². The lowest BCUT2D eigenvalue weighted by molar-refractivity contribution is -0.182. The van der Waals surface area contributed by atoms with Crippen molar-refractivity contribution in [3.8, 4) is 0 Å². The van der Waals surface area contributed by atoms with Crippen LogP contribution in [0.1, 0.15) is 58.9 Å². The molecule has 1 atom stereocenters. The number of alkyl halides is 3. The molecule has 164 valence electrons. The molecule has 0 spiro atoms. The third-order valence-corrected chi connectivity index (χ3v) is 5.95. The number of fused-ring (bicyclic) bond motifs is 1. The molecule has 2 aromatic heterocycles. The van der Waals surface area contributed by atoms with Crippen LogP contribution in [0.15, 0.2) is 12.1 Å². The van der Waals surface area contributed by atoms with E-state index in [1.165, 1.54) is 4.90 Å². The van der Waals surface area contributed by atoms with Crippen LogP contribution in [0.25, 0.3) is 5.65 Å². The summed E-state index contributed by atoms with van der Waals surface area (Å²) < 4.78 is 72.3. The maximum atomic E-state index is 13.0. The topological polar surface area (TPSA) is 69.0 Å². The van der Waals surface area contributed by atoms with Gasteiger partial charge in [-0.3, -0.25) is 0 Å². The van der Waals surface area contributed by atoms with Crippen molar-refractivity contribution in [2.75, 3.05) is 26.7 Å². The van der Waals surface area contributed by atoms with Gasteiger partial charge in [0.2, 0.25) is 0 Å². The number of halogens is 3. The first-order valence-corrected chi connectivity index (χ1v) is 9.94. The Labute approximate surface area is 176 Å². The number of amides is 1. The van der Waals surface area contributed by atoms with E-state index < -0.39 is 31.3 Å². The Morgan fingerprint density at radius 3 is 2.77 bits per heavy atom. The first kappa shape index (κ1) is 17.3. The summed E-state index contributed by atoms with van der Waals surface area (Å²) >= 11 is 0. The summed E-state index contributed by atoms with van der Waals surface area (Å²) in [5.74, 6) is -1.35. The van der Waals surface area contributed by atoms with E-state index in [9.17, 15) is 18.0 Å². The third kappa shape index (κ3) is 4.10. The summed E-state index contributed by atoms with van der Waals surface area (Å²) in [6.45, 7) is 2.23. The van der Waals surface area contributed by atoms with E-state index in [0.717, 1.165) is 0 Å². The molecule has 1 aliphatic heterocycles. The van der Waals surface area contributed by atoms with E-state index in [0.29, 0.717) is 35.6 Å². The Bertz CT molecular complexity index is 1020. The Morgan fingerprint density at radius 1 is 1.30 bits per heavy atom.